The highest BCUT2D eigenvalue weighted by Crippen LogP contribution is 2.63. The SMILES string of the molecule is Cc1sc(Br)cc1C(Br)CC12CC3CC(CC(C3)C1)C2. The zero-order chi connectivity index (χ0) is 13.9. The van der Waals surface area contributed by atoms with Crippen molar-refractivity contribution in [2.45, 2.75) is 56.7 Å². The molecule has 4 saturated carbocycles. The van der Waals surface area contributed by atoms with Gasteiger partial charge in [-0.2, -0.15) is 0 Å². The minimum absolute atomic E-state index is 0.557. The summed E-state index contributed by atoms with van der Waals surface area (Å²) in [6, 6.07) is 2.33. The Balaban J connectivity index is 1.55. The Labute approximate surface area is 143 Å². The van der Waals surface area contributed by atoms with Gasteiger partial charge >= 0.3 is 0 Å². The fourth-order valence-electron chi connectivity index (χ4n) is 5.80. The molecule has 0 saturated heterocycles. The summed E-state index contributed by atoms with van der Waals surface area (Å²) < 4.78 is 1.28. The van der Waals surface area contributed by atoms with E-state index in [0.29, 0.717) is 10.2 Å². The maximum Gasteiger partial charge on any atom is 0.0704 e. The summed E-state index contributed by atoms with van der Waals surface area (Å²) in [5.41, 5.74) is 2.20. The molecule has 5 rings (SSSR count). The van der Waals surface area contributed by atoms with E-state index in [2.05, 4.69) is 44.8 Å². The summed E-state index contributed by atoms with van der Waals surface area (Å²) in [4.78, 5) is 2.03. The lowest BCUT2D eigenvalue weighted by Crippen LogP contribution is -2.46. The van der Waals surface area contributed by atoms with Crippen molar-refractivity contribution in [3.8, 4) is 0 Å². The number of rotatable bonds is 3. The molecule has 0 aromatic carbocycles. The second-order valence-corrected chi connectivity index (χ2v) is 11.4. The predicted molar refractivity (Wildman–Crippen MR) is 93.6 cm³/mol. The van der Waals surface area contributed by atoms with Gasteiger partial charge in [0.25, 0.3) is 0 Å². The third kappa shape index (κ3) is 2.46. The topological polar surface area (TPSA) is 0 Å². The number of hydrogen-bond donors (Lipinski definition) is 0. The Morgan fingerprint density at radius 1 is 1.20 bits per heavy atom. The molecule has 4 fully saturated rings. The second kappa shape index (κ2) is 5.09. The molecular weight excluding hydrogens is 396 g/mol. The zero-order valence-corrected chi connectivity index (χ0v) is 16.0. The van der Waals surface area contributed by atoms with Gasteiger partial charge in [-0.1, -0.05) is 15.9 Å². The van der Waals surface area contributed by atoms with E-state index in [4.69, 9.17) is 0 Å². The average molecular weight is 418 g/mol. The van der Waals surface area contributed by atoms with E-state index in [1.807, 2.05) is 11.3 Å². The first kappa shape index (κ1) is 14.3. The van der Waals surface area contributed by atoms with Crippen molar-refractivity contribution in [3.63, 3.8) is 0 Å². The molecule has 110 valence electrons. The lowest BCUT2D eigenvalue weighted by molar-refractivity contribution is -0.0571. The van der Waals surface area contributed by atoms with Crippen molar-refractivity contribution < 1.29 is 0 Å². The van der Waals surface area contributed by atoms with Crippen LogP contribution >= 0.6 is 43.2 Å². The third-order valence-electron chi connectivity index (χ3n) is 6.04. The number of hydrogen-bond acceptors (Lipinski definition) is 1. The highest BCUT2D eigenvalue weighted by Gasteiger charge is 2.51. The van der Waals surface area contributed by atoms with Crippen LogP contribution in [0.25, 0.3) is 0 Å². The Morgan fingerprint density at radius 3 is 2.20 bits per heavy atom. The Hall–Kier alpha value is 0.660. The van der Waals surface area contributed by atoms with Crippen molar-refractivity contribution in [1.82, 2.24) is 0 Å². The van der Waals surface area contributed by atoms with E-state index in [-0.39, 0.29) is 0 Å². The van der Waals surface area contributed by atoms with Crippen molar-refractivity contribution >= 4 is 43.2 Å². The van der Waals surface area contributed by atoms with Gasteiger partial charge in [0, 0.05) is 9.70 Å². The van der Waals surface area contributed by atoms with Crippen molar-refractivity contribution in [2.24, 2.45) is 23.2 Å². The largest absolute Gasteiger partial charge is 0.133 e. The molecule has 4 bridgehead atoms. The van der Waals surface area contributed by atoms with Gasteiger partial charge in [0.05, 0.1) is 3.79 Å². The standard InChI is InChI=1S/C17H22Br2S/c1-10-14(5-16(19)20-10)15(18)9-17-6-11-2-12(7-17)4-13(3-11)8-17/h5,11-13,15H,2-4,6-9H2,1H3. The fraction of sp³-hybridized carbons (Fsp3) is 0.765. The molecule has 4 aliphatic carbocycles. The quantitative estimate of drug-likeness (QED) is 0.471. The molecule has 4 aliphatic rings. The molecule has 3 heteroatoms. The smallest absolute Gasteiger partial charge is 0.0704 e. The van der Waals surface area contributed by atoms with Crippen LogP contribution in [0.2, 0.25) is 0 Å². The predicted octanol–water partition coefficient (Wildman–Crippen LogP) is 6.86. The summed E-state index contributed by atoms with van der Waals surface area (Å²) >= 11 is 9.54. The van der Waals surface area contributed by atoms with E-state index in [1.54, 1.807) is 19.3 Å². The van der Waals surface area contributed by atoms with Crippen molar-refractivity contribution in [2.75, 3.05) is 0 Å². The first-order valence-electron chi connectivity index (χ1n) is 7.93. The highest BCUT2D eigenvalue weighted by molar-refractivity contribution is 9.11. The number of aryl methyl sites for hydroxylation is 1. The number of halogens is 2. The molecule has 1 unspecified atom stereocenters. The van der Waals surface area contributed by atoms with E-state index in [1.165, 1.54) is 39.9 Å². The van der Waals surface area contributed by atoms with Gasteiger partial charge in [-0.05, 0) is 103 Å². The van der Waals surface area contributed by atoms with Gasteiger partial charge in [-0.15, -0.1) is 11.3 Å². The Morgan fingerprint density at radius 2 is 1.75 bits per heavy atom. The van der Waals surface area contributed by atoms with Crippen LogP contribution in [-0.2, 0) is 0 Å². The van der Waals surface area contributed by atoms with Crippen molar-refractivity contribution in [1.29, 1.82) is 0 Å². The molecule has 1 heterocycles. The molecule has 0 amide bonds. The molecule has 0 nitrogen and oxygen atoms in total. The van der Waals surface area contributed by atoms with Crippen molar-refractivity contribution in [3.05, 3.63) is 20.3 Å². The van der Waals surface area contributed by atoms with Gasteiger partial charge < -0.3 is 0 Å². The maximum atomic E-state index is 4.03. The van der Waals surface area contributed by atoms with E-state index >= 15 is 0 Å². The van der Waals surface area contributed by atoms with Gasteiger partial charge in [0.2, 0.25) is 0 Å². The zero-order valence-electron chi connectivity index (χ0n) is 12.0. The van der Waals surface area contributed by atoms with Crippen LogP contribution < -0.4 is 0 Å². The number of alkyl halides is 1. The van der Waals surface area contributed by atoms with Gasteiger partial charge in [0.1, 0.15) is 0 Å². The summed E-state index contributed by atoms with van der Waals surface area (Å²) in [5.74, 6) is 3.20. The van der Waals surface area contributed by atoms with E-state index in [0.717, 1.165) is 17.8 Å². The van der Waals surface area contributed by atoms with Crippen LogP contribution in [-0.4, -0.2) is 0 Å². The lowest BCUT2D eigenvalue weighted by atomic mass is 9.48. The summed E-state index contributed by atoms with van der Waals surface area (Å²) in [5, 5.41) is 0. The minimum Gasteiger partial charge on any atom is -0.133 e. The van der Waals surface area contributed by atoms with Crippen LogP contribution in [0, 0.1) is 30.1 Å². The number of thiophene rings is 1. The van der Waals surface area contributed by atoms with Crippen LogP contribution in [0.3, 0.4) is 0 Å². The Kier molecular flexibility index (Phi) is 3.63. The average Bonchev–Trinajstić information content (AvgIpc) is 2.66. The normalized spacial score (nSPS) is 40.2. The molecule has 0 radical (unpaired) electrons. The summed E-state index contributed by atoms with van der Waals surface area (Å²) in [6.45, 7) is 2.26. The molecule has 20 heavy (non-hydrogen) atoms. The highest BCUT2D eigenvalue weighted by atomic mass is 79.9. The lowest BCUT2D eigenvalue weighted by Gasteiger charge is -2.57. The van der Waals surface area contributed by atoms with Gasteiger partial charge in [0.15, 0.2) is 0 Å². The van der Waals surface area contributed by atoms with E-state index in [9.17, 15) is 0 Å². The van der Waals surface area contributed by atoms with Crippen LogP contribution in [0.4, 0.5) is 0 Å². The summed E-state index contributed by atoms with van der Waals surface area (Å²) in [6.07, 6.45) is 10.6. The van der Waals surface area contributed by atoms with Crippen LogP contribution in [0.1, 0.15) is 60.2 Å². The first-order chi connectivity index (χ1) is 9.53. The minimum atomic E-state index is 0.557. The van der Waals surface area contributed by atoms with Crippen LogP contribution in [0.15, 0.2) is 9.85 Å². The molecule has 1 atom stereocenters. The molecule has 0 spiro atoms. The molecule has 1 aromatic heterocycles. The van der Waals surface area contributed by atoms with Gasteiger partial charge in [-0.3, -0.25) is 0 Å². The first-order valence-corrected chi connectivity index (χ1v) is 10.5. The summed E-state index contributed by atoms with van der Waals surface area (Å²) in [7, 11) is 0. The van der Waals surface area contributed by atoms with E-state index < -0.39 is 0 Å². The third-order valence-corrected chi connectivity index (χ3v) is 8.43. The molecular formula is C17H22Br2S. The second-order valence-electron chi connectivity index (χ2n) is 7.65. The van der Waals surface area contributed by atoms with Crippen LogP contribution in [0.5, 0.6) is 0 Å². The fourth-order valence-corrected chi connectivity index (χ4v) is 8.89. The molecule has 0 N–H and O–H groups in total. The Bertz CT molecular complexity index is 484. The van der Waals surface area contributed by atoms with Gasteiger partial charge in [-0.25, -0.2) is 0 Å². The maximum absolute atomic E-state index is 4.03. The molecule has 1 aromatic rings. The molecule has 0 aliphatic heterocycles. The monoisotopic (exact) mass is 416 g/mol.